The van der Waals surface area contributed by atoms with E-state index in [0.717, 1.165) is 11.3 Å². The second kappa shape index (κ2) is 7.40. The summed E-state index contributed by atoms with van der Waals surface area (Å²) in [4.78, 5) is 28.7. The van der Waals surface area contributed by atoms with Crippen LogP contribution in [0.15, 0.2) is 41.1 Å². The Morgan fingerprint density at radius 3 is 2.84 bits per heavy atom. The number of nitrogens with zero attached hydrogens (tertiary/aromatic N) is 2. The third-order valence-electron chi connectivity index (χ3n) is 4.70. The van der Waals surface area contributed by atoms with Gasteiger partial charge in [0.2, 0.25) is 11.8 Å². The first kappa shape index (κ1) is 17.7. The standard InChI is InChI=1S/C20H24N2O2S/c1-14(2)16-5-4-6-18(9-16)22-12-17(10-19(22)23)20(24)21(3)11-15-7-8-25-13-15/h4-9,13-14,17H,10-12H2,1-3H3. The Hall–Kier alpha value is -2.14. The second-order valence-corrected chi connectivity index (χ2v) is 7.76. The highest BCUT2D eigenvalue weighted by molar-refractivity contribution is 7.07. The van der Waals surface area contributed by atoms with Crippen molar-refractivity contribution >= 4 is 28.8 Å². The summed E-state index contributed by atoms with van der Waals surface area (Å²) < 4.78 is 0. The SMILES string of the molecule is CC(C)c1cccc(N2CC(C(=O)N(C)Cc3ccsc3)CC2=O)c1. The molecule has 1 aliphatic heterocycles. The summed E-state index contributed by atoms with van der Waals surface area (Å²) >= 11 is 1.63. The van der Waals surface area contributed by atoms with Crippen LogP contribution >= 0.6 is 11.3 Å². The van der Waals surface area contributed by atoms with E-state index in [2.05, 4.69) is 26.0 Å². The van der Waals surface area contributed by atoms with Gasteiger partial charge in [0.1, 0.15) is 0 Å². The van der Waals surface area contributed by atoms with Crippen LogP contribution in [0.3, 0.4) is 0 Å². The van der Waals surface area contributed by atoms with Crippen LogP contribution in [0.25, 0.3) is 0 Å². The second-order valence-electron chi connectivity index (χ2n) is 6.98. The molecule has 25 heavy (non-hydrogen) atoms. The van der Waals surface area contributed by atoms with Gasteiger partial charge in [-0.25, -0.2) is 0 Å². The zero-order valence-electron chi connectivity index (χ0n) is 14.9. The van der Waals surface area contributed by atoms with Crippen molar-refractivity contribution in [3.05, 3.63) is 52.2 Å². The highest BCUT2D eigenvalue weighted by Gasteiger charge is 2.36. The zero-order chi connectivity index (χ0) is 18.0. The minimum absolute atomic E-state index is 0.0307. The Kier molecular flexibility index (Phi) is 5.23. The van der Waals surface area contributed by atoms with Crippen molar-refractivity contribution in [2.24, 2.45) is 5.92 Å². The van der Waals surface area contributed by atoms with Crippen molar-refractivity contribution in [2.45, 2.75) is 32.7 Å². The number of carbonyl (C=O) groups is 2. The van der Waals surface area contributed by atoms with E-state index in [0.29, 0.717) is 25.4 Å². The van der Waals surface area contributed by atoms with Gasteiger partial charge in [-0.3, -0.25) is 9.59 Å². The first-order valence-electron chi connectivity index (χ1n) is 8.62. The Morgan fingerprint density at radius 1 is 1.36 bits per heavy atom. The van der Waals surface area contributed by atoms with Crippen LogP contribution in [0.2, 0.25) is 0 Å². The molecule has 4 nitrogen and oxygen atoms in total. The number of carbonyl (C=O) groups excluding carboxylic acids is 2. The van der Waals surface area contributed by atoms with E-state index in [1.807, 2.05) is 36.0 Å². The lowest BCUT2D eigenvalue weighted by Crippen LogP contribution is -2.34. The van der Waals surface area contributed by atoms with E-state index in [4.69, 9.17) is 0 Å². The van der Waals surface area contributed by atoms with Gasteiger partial charge < -0.3 is 9.80 Å². The van der Waals surface area contributed by atoms with Crippen molar-refractivity contribution in [1.82, 2.24) is 4.90 Å². The summed E-state index contributed by atoms with van der Waals surface area (Å²) in [6.07, 6.45) is 0.290. The van der Waals surface area contributed by atoms with Crippen LogP contribution in [-0.4, -0.2) is 30.3 Å². The van der Waals surface area contributed by atoms with Gasteiger partial charge in [0.05, 0.1) is 5.92 Å². The molecule has 5 heteroatoms. The lowest BCUT2D eigenvalue weighted by atomic mass is 10.0. The van der Waals surface area contributed by atoms with Crippen LogP contribution in [0.4, 0.5) is 5.69 Å². The highest BCUT2D eigenvalue weighted by Crippen LogP contribution is 2.28. The topological polar surface area (TPSA) is 40.6 Å². The van der Waals surface area contributed by atoms with Gasteiger partial charge in [0, 0.05) is 32.2 Å². The molecule has 132 valence electrons. The summed E-state index contributed by atoms with van der Waals surface area (Å²) in [5.74, 6) is 0.218. The maximum Gasteiger partial charge on any atom is 0.228 e. The molecule has 0 aliphatic carbocycles. The first-order chi connectivity index (χ1) is 12.0. The molecule has 0 radical (unpaired) electrons. The molecule has 2 amide bonds. The number of amides is 2. The van der Waals surface area contributed by atoms with E-state index >= 15 is 0 Å². The molecule has 3 rings (SSSR count). The summed E-state index contributed by atoms with van der Waals surface area (Å²) in [6, 6.07) is 10.1. The quantitative estimate of drug-likeness (QED) is 0.816. The van der Waals surface area contributed by atoms with Crippen LogP contribution in [-0.2, 0) is 16.1 Å². The maximum absolute atomic E-state index is 12.7. The van der Waals surface area contributed by atoms with Crippen LogP contribution in [0.5, 0.6) is 0 Å². The molecule has 2 aromatic rings. The predicted octanol–water partition coefficient (Wildman–Crippen LogP) is 3.88. The summed E-state index contributed by atoms with van der Waals surface area (Å²) in [7, 11) is 1.81. The highest BCUT2D eigenvalue weighted by atomic mass is 32.1. The molecule has 1 saturated heterocycles. The molecule has 1 atom stereocenters. The first-order valence-corrected chi connectivity index (χ1v) is 9.56. The Labute approximate surface area is 153 Å². The number of hydrogen-bond acceptors (Lipinski definition) is 3. The molecule has 2 heterocycles. The smallest absolute Gasteiger partial charge is 0.228 e. The fourth-order valence-electron chi connectivity index (χ4n) is 3.22. The summed E-state index contributed by atoms with van der Waals surface area (Å²) in [5.41, 5.74) is 3.23. The van der Waals surface area contributed by atoms with Gasteiger partial charge in [-0.05, 0) is 46.0 Å². The van der Waals surface area contributed by atoms with Crippen molar-refractivity contribution in [2.75, 3.05) is 18.5 Å². The average Bonchev–Trinajstić information content (AvgIpc) is 3.23. The number of hydrogen-bond donors (Lipinski definition) is 0. The van der Waals surface area contributed by atoms with Crippen molar-refractivity contribution in [3.63, 3.8) is 0 Å². The molecule has 1 aromatic carbocycles. The van der Waals surface area contributed by atoms with Crippen molar-refractivity contribution < 1.29 is 9.59 Å². The van der Waals surface area contributed by atoms with E-state index in [1.165, 1.54) is 5.56 Å². The molecule has 0 saturated carbocycles. The van der Waals surface area contributed by atoms with E-state index in [9.17, 15) is 9.59 Å². The minimum atomic E-state index is -0.265. The third kappa shape index (κ3) is 3.93. The van der Waals surface area contributed by atoms with Crippen molar-refractivity contribution in [1.29, 1.82) is 0 Å². The summed E-state index contributed by atoms with van der Waals surface area (Å²) in [6.45, 7) is 5.33. The molecule has 0 spiro atoms. The number of benzene rings is 1. The molecule has 1 aliphatic rings. The van der Waals surface area contributed by atoms with E-state index < -0.39 is 0 Å². The average molecular weight is 356 g/mol. The van der Waals surface area contributed by atoms with Gasteiger partial charge in [-0.15, -0.1) is 0 Å². The Bertz CT molecular complexity index is 755. The van der Waals surface area contributed by atoms with E-state index in [-0.39, 0.29) is 17.7 Å². The van der Waals surface area contributed by atoms with Crippen LogP contribution in [0.1, 0.15) is 37.3 Å². The van der Waals surface area contributed by atoms with Gasteiger partial charge >= 0.3 is 0 Å². The lowest BCUT2D eigenvalue weighted by molar-refractivity contribution is -0.135. The van der Waals surface area contributed by atoms with E-state index in [1.54, 1.807) is 21.1 Å². The van der Waals surface area contributed by atoms with Crippen LogP contribution in [0, 0.1) is 5.92 Å². The Balaban J connectivity index is 1.69. The molecule has 1 fully saturated rings. The fourth-order valence-corrected chi connectivity index (χ4v) is 3.88. The fraction of sp³-hybridized carbons (Fsp3) is 0.400. The third-order valence-corrected chi connectivity index (χ3v) is 5.43. The maximum atomic E-state index is 12.7. The number of anilines is 1. The van der Waals surface area contributed by atoms with Crippen LogP contribution < -0.4 is 4.90 Å². The number of rotatable bonds is 5. The summed E-state index contributed by atoms with van der Waals surface area (Å²) in [5, 5.41) is 4.06. The molecular formula is C20H24N2O2S. The molecule has 0 bridgehead atoms. The molecule has 0 N–H and O–H groups in total. The van der Waals surface area contributed by atoms with Gasteiger partial charge in [-0.2, -0.15) is 11.3 Å². The largest absolute Gasteiger partial charge is 0.341 e. The lowest BCUT2D eigenvalue weighted by Gasteiger charge is -2.21. The molecule has 1 unspecified atom stereocenters. The normalized spacial score (nSPS) is 17.4. The molecule has 1 aromatic heterocycles. The minimum Gasteiger partial charge on any atom is -0.341 e. The van der Waals surface area contributed by atoms with Gasteiger partial charge in [-0.1, -0.05) is 26.0 Å². The monoisotopic (exact) mass is 356 g/mol. The van der Waals surface area contributed by atoms with Gasteiger partial charge in [0.25, 0.3) is 0 Å². The zero-order valence-corrected chi connectivity index (χ0v) is 15.8. The molecular weight excluding hydrogens is 332 g/mol. The Morgan fingerprint density at radius 2 is 2.16 bits per heavy atom. The van der Waals surface area contributed by atoms with Crippen molar-refractivity contribution in [3.8, 4) is 0 Å². The number of thiophene rings is 1. The van der Waals surface area contributed by atoms with Gasteiger partial charge in [0.15, 0.2) is 0 Å². The predicted molar refractivity (Wildman–Crippen MR) is 102 cm³/mol.